The maximum atomic E-state index is 12.0. The number of aryl methyl sites for hydroxylation is 2. The Morgan fingerprint density at radius 1 is 1.28 bits per heavy atom. The van der Waals surface area contributed by atoms with Gasteiger partial charge in [-0.25, -0.2) is 9.67 Å². The molecule has 0 fully saturated rings. The Morgan fingerprint density at radius 2 is 2.08 bits per heavy atom. The van der Waals surface area contributed by atoms with Crippen LogP contribution < -0.4 is 11.1 Å². The number of imidazole rings is 1. The Labute approximate surface area is 143 Å². The molecule has 1 aromatic carbocycles. The second kappa shape index (κ2) is 7.47. The maximum Gasteiger partial charge on any atom is 0.246 e. The Bertz CT molecular complexity index is 838. The smallest absolute Gasteiger partial charge is 0.246 e. The molecule has 0 aliphatic heterocycles. The number of rotatable bonds is 7. The second-order valence-electron chi connectivity index (χ2n) is 5.65. The van der Waals surface area contributed by atoms with Crippen molar-refractivity contribution in [2.24, 2.45) is 0 Å². The van der Waals surface area contributed by atoms with Crippen molar-refractivity contribution in [2.45, 2.75) is 25.8 Å². The van der Waals surface area contributed by atoms with Crippen molar-refractivity contribution < 1.29 is 9.90 Å². The number of aromatic nitrogens is 5. The summed E-state index contributed by atoms with van der Waals surface area (Å²) in [5, 5.41) is 20.0. The molecule has 9 heteroatoms. The van der Waals surface area contributed by atoms with Crippen molar-refractivity contribution in [3.63, 3.8) is 0 Å². The summed E-state index contributed by atoms with van der Waals surface area (Å²) in [6.07, 6.45) is 5.93. The maximum absolute atomic E-state index is 12.0. The van der Waals surface area contributed by atoms with E-state index in [9.17, 15) is 9.90 Å². The summed E-state index contributed by atoms with van der Waals surface area (Å²) >= 11 is 0. The molecule has 3 aromatic rings. The fourth-order valence-electron chi connectivity index (χ4n) is 2.39. The van der Waals surface area contributed by atoms with E-state index in [-0.39, 0.29) is 18.2 Å². The fraction of sp³-hybridized carbons (Fsp3) is 0.250. The van der Waals surface area contributed by atoms with E-state index in [4.69, 9.17) is 5.73 Å². The zero-order valence-corrected chi connectivity index (χ0v) is 13.5. The average Bonchev–Trinajstić information content (AvgIpc) is 3.19. The molecule has 25 heavy (non-hydrogen) atoms. The summed E-state index contributed by atoms with van der Waals surface area (Å²) in [4.78, 5) is 18.9. The van der Waals surface area contributed by atoms with E-state index in [1.165, 1.54) is 16.8 Å². The number of aromatic amines is 1. The van der Waals surface area contributed by atoms with Gasteiger partial charge in [-0.05, 0) is 43.5 Å². The highest BCUT2D eigenvalue weighted by molar-refractivity contribution is 5.90. The van der Waals surface area contributed by atoms with E-state index in [0.717, 1.165) is 30.7 Å². The van der Waals surface area contributed by atoms with Crippen LogP contribution in [-0.2, 0) is 24.2 Å². The molecule has 9 nitrogen and oxygen atoms in total. The highest BCUT2D eigenvalue weighted by Gasteiger charge is 2.07. The molecule has 1 amide bonds. The third-order valence-corrected chi connectivity index (χ3v) is 3.57. The Kier molecular flexibility index (Phi) is 4.93. The highest BCUT2D eigenvalue weighted by atomic mass is 16.3. The molecular weight excluding hydrogens is 322 g/mol. The van der Waals surface area contributed by atoms with Crippen LogP contribution in [0.15, 0.2) is 36.7 Å². The molecule has 3 rings (SSSR count). The van der Waals surface area contributed by atoms with E-state index in [2.05, 4.69) is 25.6 Å². The van der Waals surface area contributed by atoms with Gasteiger partial charge in [-0.2, -0.15) is 0 Å². The van der Waals surface area contributed by atoms with Crippen molar-refractivity contribution in [3.8, 4) is 5.75 Å². The van der Waals surface area contributed by atoms with Crippen molar-refractivity contribution >= 4 is 17.5 Å². The first-order valence-electron chi connectivity index (χ1n) is 7.86. The zero-order chi connectivity index (χ0) is 17.6. The first-order chi connectivity index (χ1) is 12.1. The first kappa shape index (κ1) is 16.5. The van der Waals surface area contributed by atoms with Gasteiger partial charge in [0.25, 0.3) is 0 Å². The van der Waals surface area contributed by atoms with E-state index >= 15 is 0 Å². The molecule has 0 atom stereocenters. The van der Waals surface area contributed by atoms with Crippen molar-refractivity contribution in [3.05, 3.63) is 48.0 Å². The van der Waals surface area contributed by atoms with E-state index in [1.54, 1.807) is 24.5 Å². The number of nitrogens with zero attached hydrogens (tertiary/aromatic N) is 4. The number of carbonyl (C=O) groups is 1. The Hall–Kier alpha value is -3.36. The minimum Gasteiger partial charge on any atom is -0.508 e. The van der Waals surface area contributed by atoms with Crippen LogP contribution in [0.25, 0.3) is 0 Å². The molecule has 0 aliphatic carbocycles. The molecule has 0 radical (unpaired) electrons. The number of benzene rings is 1. The van der Waals surface area contributed by atoms with Crippen molar-refractivity contribution in [2.75, 3.05) is 11.1 Å². The molecule has 0 bridgehead atoms. The lowest BCUT2D eigenvalue weighted by Gasteiger charge is -2.04. The Balaban J connectivity index is 1.46. The van der Waals surface area contributed by atoms with E-state index < -0.39 is 0 Å². The van der Waals surface area contributed by atoms with Crippen LogP contribution in [0.4, 0.5) is 11.6 Å². The van der Waals surface area contributed by atoms with Gasteiger partial charge in [0, 0.05) is 17.6 Å². The number of phenolic OH excluding ortho intramolecular Hbond substituents is 1. The molecule has 0 spiro atoms. The normalized spacial score (nSPS) is 10.7. The van der Waals surface area contributed by atoms with Crippen LogP contribution in [0.1, 0.15) is 17.8 Å². The number of nitrogen functional groups attached to an aromatic ring is 1. The molecule has 130 valence electrons. The lowest BCUT2D eigenvalue weighted by atomic mass is 10.2. The van der Waals surface area contributed by atoms with Gasteiger partial charge in [0.05, 0.1) is 11.9 Å². The molecule has 0 unspecified atom stereocenters. The summed E-state index contributed by atoms with van der Waals surface area (Å²) in [5.41, 5.74) is 7.95. The number of H-pyrrole nitrogens is 1. The van der Waals surface area contributed by atoms with Gasteiger partial charge in [-0.3, -0.25) is 4.79 Å². The fourth-order valence-corrected chi connectivity index (χ4v) is 2.39. The number of hydrogen-bond donors (Lipinski definition) is 4. The summed E-state index contributed by atoms with van der Waals surface area (Å²) in [6.45, 7) is 0.0744. The monoisotopic (exact) mass is 341 g/mol. The number of nitrogens with one attached hydrogen (secondary N) is 2. The topological polar surface area (TPSA) is 135 Å². The average molecular weight is 341 g/mol. The number of nitrogens with two attached hydrogens (primary N) is 1. The molecule has 0 saturated carbocycles. The molecule has 5 N–H and O–H groups in total. The summed E-state index contributed by atoms with van der Waals surface area (Å²) in [7, 11) is 0. The lowest BCUT2D eigenvalue weighted by Crippen LogP contribution is -2.19. The number of carbonyl (C=O) groups excluding carboxylic acids is 1. The predicted molar refractivity (Wildman–Crippen MR) is 91.8 cm³/mol. The van der Waals surface area contributed by atoms with Crippen LogP contribution in [0.2, 0.25) is 0 Å². The number of anilines is 2. The minimum atomic E-state index is -0.213. The molecule has 0 aliphatic rings. The van der Waals surface area contributed by atoms with Gasteiger partial charge in [0.15, 0.2) is 5.95 Å². The quantitative estimate of drug-likeness (QED) is 0.475. The van der Waals surface area contributed by atoms with Crippen LogP contribution in [0.5, 0.6) is 5.75 Å². The summed E-state index contributed by atoms with van der Waals surface area (Å²) in [5.74, 6) is 0.354. The molecule has 2 aromatic heterocycles. The van der Waals surface area contributed by atoms with Gasteiger partial charge < -0.3 is 21.1 Å². The van der Waals surface area contributed by atoms with Crippen molar-refractivity contribution in [1.82, 2.24) is 25.0 Å². The lowest BCUT2D eigenvalue weighted by molar-refractivity contribution is -0.116. The van der Waals surface area contributed by atoms with Gasteiger partial charge >= 0.3 is 0 Å². The third-order valence-electron chi connectivity index (χ3n) is 3.57. The van der Waals surface area contributed by atoms with E-state index in [1.807, 2.05) is 0 Å². The zero-order valence-electron chi connectivity index (χ0n) is 13.5. The van der Waals surface area contributed by atoms with Gasteiger partial charge in [0.1, 0.15) is 12.3 Å². The number of hydrogen-bond acceptors (Lipinski definition) is 6. The van der Waals surface area contributed by atoms with Gasteiger partial charge in [0.2, 0.25) is 5.91 Å². The minimum absolute atomic E-state index is 0.0744. The van der Waals surface area contributed by atoms with Gasteiger partial charge in [-0.15, -0.1) is 5.10 Å². The number of amides is 1. The van der Waals surface area contributed by atoms with Gasteiger partial charge in [-0.1, -0.05) is 5.21 Å². The SMILES string of the molecule is Nc1ncc(CCCc2cn(CC(=O)Nc3ccc(O)cc3)nn2)[nH]1. The van der Waals surface area contributed by atoms with E-state index in [0.29, 0.717) is 11.6 Å². The predicted octanol–water partition coefficient (Wildman–Crippen LogP) is 1.10. The largest absolute Gasteiger partial charge is 0.508 e. The second-order valence-corrected chi connectivity index (χ2v) is 5.65. The highest BCUT2D eigenvalue weighted by Crippen LogP contribution is 2.13. The van der Waals surface area contributed by atoms with Crippen molar-refractivity contribution in [1.29, 1.82) is 0 Å². The molecule has 2 heterocycles. The summed E-state index contributed by atoms with van der Waals surface area (Å²) in [6, 6.07) is 6.28. The molecular formula is C16H19N7O2. The Morgan fingerprint density at radius 3 is 2.80 bits per heavy atom. The number of phenols is 1. The van der Waals surface area contributed by atoms with Crippen LogP contribution in [0.3, 0.4) is 0 Å². The third kappa shape index (κ3) is 4.80. The molecule has 0 saturated heterocycles. The summed E-state index contributed by atoms with van der Waals surface area (Å²) < 4.78 is 1.50. The van der Waals surface area contributed by atoms with Crippen LogP contribution in [0, 0.1) is 0 Å². The number of aromatic hydroxyl groups is 1. The standard InChI is InChI=1S/C16H19N7O2/c17-16-18-8-12(20-16)2-1-3-13-9-23(22-21-13)10-15(25)19-11-4-6-14(24)7-5-11/h4-9,24H,1-3,10H2,(H,19,25)(H3,17,18,20). The van der Waals surface area contributed by atoms with Crippen LogP contribution >= 0.6 is 0 Å². The van der Waals surface area contributed by atoms with Crippen LogP contribution in [-0.4, -0.2) is 36.0 Å². The first-order valence-corrected chi connectivity index (χ1v) is 7.86.